The Labute approximate surface area is 165 Å². The van der Waals surface area contributed by atoms with Gasteiger partial charge in [-0.25, -0.2) is 0 Å². The Morgan fingerprint density at radius 1 is 1.04 bits per heavy atom. The number of benzene rings is 1. The van der Waals surface area contributed by atoms with Crippen LogP contribution in [0.2, 0.25) is 0 Å². The molecular weight excluding hydrogens is 364 g/mol. The van der Waals surface area contributed by atoms with Crippen molar-refractivity contribution in [2.75, 3.05) is 19.8 Å². The average molecular weight is 392 g/mol. The molecule has 0 bridgehead atoms. The van der Waals surface area contributed by atoms with E-state index in [1.54, 1.807) is 38.1 Å². The van der Waals surface area contributed by atoms with Crippen LogP contribution < -0.4 is 4.74 Å². The second-order valence-electron chi connectivity index (χ2n) is 6.99. The third-order valence-corrected chi connectivity index (χ3v) is 4.92. The smallest absolute Gasteiger partial charge is 0.317 e. The van der Waals surface area contributed by atoms with Gasteiger partial charge in [-0.3, -0.25) is 14.4 Å². The highest BCUT2D eigenvalue weighted by molar-refractivity contribution is 6.02. The summed E-state index contributed by atoms with van der Waals surface area (Å²) in [5, 5.41) is 10.9. The van der Waals surface area contributed by atoms with Crippen LogP contribution in [0.3, 0.4) is 0 Å². The van der Waals surface area contributed by atoms with Crippen molar-refractivity contribution < 1.29 is 33.7 Å². The molecule has 7 heteroatoms. The number of Topliss-reactive ketones (excluding diaryl/α,β-unsaturated/α-hetero) is 1. The molecule has 1 N–H and O–H groups in total. The predicted octanol–water partition coefficient (Wildman–Crippen LogP) is 2.25. The van der Waals surface area contributed by atoms with E-state index in [1.165, 1.54) is 6.92 Å². The molecule has 0 saturated heterocycles. The summed E-state index contributed by atoms with van der Waals surface area (Å²) < 4.78 is 15.7. The number of hydrogen-bond donors (Lipinski definition) is 1. The molecule has 1 aromatic carbocycles. The fourth-order valence-corrected chi connectivity index (χ4v) is 3.83. The first-order chi connectivity index (χ1) is 13.3. The topological polar surface area (TPSA) is 99.1 Å². The van der Waals surface area contributed by atoms with Crippen molar-refractivity contribution >= 4 is 17.7 Å². The van der Waals surface area contributed by atoms with E-state index in [-0.39, 0.29) is 19.6 Å². The summed E-state index contributed by atoms with van der Waals surface area (Å²) in [6, 6.07) is 6.81. The highest BCUT2D eigenvalue weighted by Gasteiger charge is 2.57. The van der Waals surface area contributed by atoms with Crippen molar-refractivity contribution in [1.82, 2.24) is 0 Å². The number of carbonyl (C=O) groups is 3. The van der Waals surface area contributed by atoms with Gasteiger partial charge in [0, 0.05) is 12.3 Å². The molecular formula is C21H28O7. The molecule has 28 heavy (non-hydrogen) atoms. The van der Waals surface area contributed by atoms with Crippen molar-refractivity contribution in [2.45, 2.75) is 45.6 Å². The van der Waals surface area contributed by atoms with E-state index >= 15 is 0 Å². The number of ether oxygens (including phenoxy) is 3. The third-order valence-electron chi connectivity index (χ3n) is 4.92. The van der Waals surface area contributed by atoms with Crippen LogP contribution in [0.4, 0.5) is 0 Å². The zero-order valence-electron chi connectivity index (χ0n) is 16.8. The van der Waals surface area contributed by atoms with E-state index in [1.807, 2.05) is 6.92 Å². The van der Waals surface area contributed by atoms with E-state index in [0.717, 1.165) is 0 Å². The number of carbonyl (C=O) groups excluding carboxylic acids is 3. The number of hydrogen-bond acceptors (Lipinski definition) is 7. The largest absolute Gasteiger partial charge is 0.494 e. The number of aliphatic hydroxyl groups is 1. The van der Waals surface area contributed by atoms with Gasteiger partial charge in [0.1, 0.15) is 11.7 Å². The van der Waals surface area contributed by atoms with Gasteiger partial charge in [0.25, 0.3) is 0 Å². The SMILES string of the molecule is CCOC(=O)[C@@H]1C(=O)C[C@](C)(O)[C@H](C(=O)OCC)[C@@H]1c1ccc(OCC)cc1. The molecule has 0 aromatic heterocycles. The molecule has 7 nitrogen and oxygen atoms in total. The van der Waals surface area contributed by atoms with Crippen LogP contribution in [-0.2, 0) is 23.9 Å². The molecule has 0 heterocycles. The Kier molecular flexibility index (Phi) is 7.18. The minimum atomic E-state index is -1.64. The quantitative estimate of drug-likeness (QED) is 0.561. The summed E-state index contributed by atoms with van der Waals surface area (Å²) in [6.45, 7) is 7.32. The van der Waals surface area contributed by atoms with Crippen molar-refractivity contribution in [1.29, 1.82) is 0 Å². The molecule has 154 valence electrons. The highest BCUT2D eigenvalue weighted by atomic mass is 16.5. The van der Waals surface area contributed by atoms with E-state index in [4.69, 9.17) is 14.2 Å². The number of rotatable bonds is 7. The van der Waals surface area contributed by atoms with Crippen LogP contribution in [0.1, 0.15) is 45.6 Å². The number of ketones is 1. The van der Waals surface area contributed by atoms with Crippen molar-refractivity contribution in [3.63, 3.8) is 0 Å². The standard InChI is InChI=1S/C21H28O7/c1-5-26-14-10-8-13(9-11-14)16-17(19(23)27-6-2)15(22)12-21(4,25)18(16)20(24)28-7-3/h8-11,16-18,25H,5-7,12H2,1-4H3/t16-,17-,18+,21+/m1/s1. The first-order valence-electron chi connectivity index (χ1n) is 9.57. The molecule has 1 fully saturated rings. The molecule has 4 atom stereocenters. The Morgan fingerprint density at radius 3 is 2.14 bits per heavy atom. The molecule has 0 amide bonds. The molecule has 0 spiro atoms. The lowest BCUT2D eigenvalue weighted by Crippen LogP contribution is -2.55. The first kappa shape index (κ1) is 21.9. The van der Waals surface area contributed by atoms with E-state index < -0.39 is 41.1 Å². The molecule has 0 unspecified atom stereocenters. The van der Waals surface area contributed by atoms with Gasteiger partial charge in [0.2, 0.25) is 0 Å². The number of esters is 2. The van der Waals surface area contributed by atoms with Crippen molar-refractivity contribution in [3.05, 3.63) is 29.8 Å². The Hall–Kier alpha value is -2.41. The molecule has 1 aliphatic carbocycles. The van der Waals surface area contributed by atoms with Crippen LogP contribution >= 0.6 is 0 Å². The average Bonchev–Trinajstić information content (AvgIpc) is 2.61. The lowest BCUT2D eigenvalue weighted by atomic mass is 9.61. The van der Waals surface area contributed by atoms with Gasteiger partial charge < -0.3 is 19.3 Å². The molecule has 1 aliphatic rings. The molecule has 0 radical (unpaired) electrons. The minimum absolute atomic E-state index is 0.110. The second-order valence-corrected chi connectivity index (χ2v) is 6.99. The maximum Gasteiger partial charge on any atom is 0.317 e. The van der Waals surface area contributed by atoms with Crippen molar-refractivity contribution in [3.8, 4) is 5.75 Å². The van der Waals surface area contributed by atoms with Crippen molar-refractivity contribution in [2.24, 2.45) is 11.8 Å². The highest BCUT2D eigenvalue weighted by Crippen LogP contribution is 2.46. The summed E-state index contributed by atoms with van der Waals surface area (Å²) >= 11 is 0. The van der Waals surface area contributed by atoms with Gasteiger partial charge in [0.05, 0.1) is 31.3 Å². The van der Waals surface area contributed by atoms with Gasteiger partial charge in [-0.15, -0.1) is 0 Å². The molecule has 2 rings (SSSR count). The summed E-state index contributed by atoms with van der Waals surface area (Å²) in [7, 11) is 0. The van der Waals surface area contributed by atoms with E-state index in [2.05, 4.69) is 0 Å². The summed E-state index contributed by atoms with van der Waals surface area (Å²) in [4.78, 5) is 38.1. The normalized spacial score (nSPS) is 27.2. The molecule has 0 aliphatic heterocycles. The van der Waals surface area contributed by atoms with E-state index in [9.17, 15) is 19.5 Å². The van der Waals surface area contributed by atoms with E-state index in [0.29, 0.717) is 17.9 Å². The van der Waals surface area contributed by atoms with Gasteiger partial charge >= 0.3 is 11.9 Å². The molecule has 1 aromatic rings. The third kappa shape index (κ3) is 4.52. The van der Waals surface area contributed by atoms with Crippen LogP contribution in [0.5, 0.6) is 5.75 Å². The maximum atomic E-state index is 12.8. The van der Waals surface area contributed by atoms with Crippen LogP contribution in [-0.4, -0.2) is 48.3 Å². The lowest BCUT2D eigenvalue weighted by Gasteiger charge is -2.43. The van der Waals surface area contributed by atoms with Gasteiger partial charge in [-0.2, -0.15) is 0 Å². The fourth-order valence-electron chi connectivity index (χ4n) is 3.83. The molecule has 1 saturated carbocycles. The first-order valence-corrected chi connectivity index (χ1v) is 9.57. The van der Waals surface area contributed by atoms with Crippen LogP contribution in [0, 0.1) is 11.8 Å². The monoisotopic (exact) mass is 392 g/mol. The minimum Gasteiger partial charge on any atom is -0.494 e. The van der Waals surface area contributed by atoms with Crippen LogP contribution in [0.15, 0.2) is 24.3 Å². The zero-order valence-corrected chi connectivity index (χ0v) is 16.8. The Bertz CT molecular complexity index is 708. The Morgan fingerprint density at radius 2 is 1.61 bits per heavy atom. The van der Waals surface area contributed by atoms with Gasteiger partial charge in [-0.05, 0) is 45.4 Å². The summed E-state index contributed by atoms with van der Waals surface area (Å²) in [5.74, 6) is -4.34. The second kappa shape index (κ2) is 9.19. The fraction of sp³-hybridized carbons (Fsp3) is 0.571. The van der Waals surface area contributed by atoms with Gasteiger partial charge in [-0.1, -0.05) is 12.1 Å². The zero-order chi connectivity index (χ0) is 20.9. The summed E-state index contributed by atoms with van der Waals surface area (Å²) in [6.07, 6.45) is -0.326. The lowest BCUT2D eigenvalue weighted by molar-refractivity contribution is -0.172. The van der Waals surface area contributed by atoms with Gasteiger partial charge in [0.15, 0.2) is 5.78 Å². The predicted molar refractivity (Wildman–Crippen MR) is 101 cm³/mol. The maximum absolute atomic E-state index is 12.8. The summed E-state index contributed by atoms with van der Waals surface area (Å²) in [5.41, 5.74) is -1.08. The Balaban J connectivity index is 2.56. The van der Waals surface area contributed by atoms with Crippen LogP contribution in [0.25, 0.3) is 0 Å².